The number of carbonyl (C=O) groups is 1. The van der Waals surface area contributed by atoms with Gasteiger partial charge in [0.25, 0.3) is 0 Å². The average molecular weight is 268 g/mol. The van der Waals surface area contributed by atoms with Crippen LogP contribution in [0.25, 0.3) is 0 Å². The minimum atomic E-state index is -0.0882. The molecule has 2 heteroatoms. The molecule has 0 radical (unpaired) electrons. The second-order valence-electron chi connectivity index (χ2n) is 5.05. The zero-order valence-corrected chi connectivity index (χ0v) is 13.4. The Balaban J connectivity index is 3.93. The van der Waals surface area contributed by atoms with E-state index in [-0.39, 0.29) is 5.97 Å². The SMILES string of the molecule is CCCCCCCCOC(=O)C(CC)=C(CC)CC. The Morgan fingerprint density at radius 2 is 1.37 bits per heavy atom. The molecule has 0 unspecified atom stereocenters. The molecular formula is C17H32O2. The molecule has 0 heterocycles. The maximum Gasteiger partial charge on any atom is 0.333 e. The Bertz CT molecular complexity index is 260. The molecule has 0 atom stereocenters. The van der Waals surface area contributed by atoms with Crippen LogP contribution in [0.3, 0.4) is 0 Å². The van der Waals surface area contributed by atoms with E-state index in [1.165, 1.54) is 37.7 Å². The van der Waals surface area contributed by atoms with Gasteiger partial charge in [0.15, 0.2) is 0 Å². The lowest BCUT2D eigenvalue weighted by molar-refractivity contribution is -0.139. The Morgan fingerprint density at radius 1 is 0.789 bits per heavy atom. The van der Waals surface area contributed by atoms with Crippen LogP contribution in [0.1, 0.15) is 85.5 Å². The summed E-state index contributed by atoms with van der Waals surface area (Å²) in [5.41, 5.74) is 2.14. The molecule has 0 aliphatic rings. The van der Waals surface area contributed by atoms with E-state index in [1.54, 1.807) is 0 Å². The highest BCUT2D eigenvalue weighted by atomic mass is 16.5. The predicted molar refractivity (Wildman–Crippen MR) is 82.2 cm³/mol. The molecule has 0 aromatic rings. The summed E-state index contributed by atoms with van der Waals surface area (Å²) in [6, 6.07) is 0. The number of hydrogen-bond acceptors (Lipinski definition) is 2. The van der Waals surface area contributed by atoms with Crippen LogP contribution < -0.4 is 0 Å². The first kappa shape index (κ1) is 18.2. The molecule has 0 saturated carbocycles. The first-order valence-corrected chi connectivity index (χ1v) is 8.09. The van der Waals surface area contributed by atoms with Crippen molar-refractivity contribution in [1.29, 1.82) is 0 Å². The molecule has 0 spiro atoms. The van der Waals surface area contributed by atoms with Crippen LogP contribution in [0.15, 0.2) is 11.1 Å². The molecule has 0 fully saturated rings. The van der Waals surface area contributed by atoms with Gasteiger partial charge in [0, 0.05) is 5.57 Å². The van der Waals surface area contributed by atoms with Crippen LogP contribution in [0.5, 0.6) is 0 Å². The Kier molecular flexibility index (Phi) is 11.7. The van der Waals surface area contributed by atoms with Crippen LogP contribution in [0.2, 0.25) is 0 Å². The highest BCUT2D eigenvalue weighted by Gasteiger charge is 2.12. The van der Waals surface area contributed by atoms with Gasteiger partial charge in [-0.05, 0) is 25.7 Å². The van der Waals surface area contributed by atoms with E-state index in [1.807, 2.05) is 6.92 Å². The van der Waals surface area contributed by atoms with Gasteiger partial charge in [-0.15, -0.1) is 0 Å². The molecule has 0 saturated heterocycles. The van der Waals surface area contributed by atoms with E-state index in [2.05, 4.69) is 20.8 Å². The molecule has 0 aliphatic heterocycles. The summed E-state index contributed by atoms with van der Waals surface area (Å²) in [6.45, 7) is 9.05. The molecule has 0 aromatic carbocycles. The third kappa shape index (κ3) is 8.07. The Labute approximate surface area is 119 Å². The van der Waals surface area contributed by atoms with Crippen molar-refractivity contribution in [2.45, 2.75) is 85.5 Å². The molecule has 2 nitrogen and oxygen atoms in total. The molecule has 0 bridgehead atoms. The average Bonchev–Trinajstić information content (AvgIpc) is 2.43. The van der Waals surface area contributed by atoms with Crippen molar-refractivity contribution in [2.24, 2.45) is 0 Å². The van der Waals surface area contributed by atoms with Crippen molar-refractivity contribution in [3.8, 4) is 0 Å². The lowest BCUT2D eigenvalue weighted by atomic mass is 10.0. The zero-order chi connectivity index (χ0) is 14.5. The summed E-state index contributed by atoms with van der Waals surface area (Å²) in [7, 11) is 0. The summed E-state index contributed by atoms with van der Waals surface area (Å²) in [4.78, 5) is 12.0. The predicted octanol–water partition coefficient (Wildman–Crippen LogP) is 5.42. The van der Waals surface area contributed by atoms with Crippen molar-refractivity contribution in [3.63, 3.8) is 0 Å². The van der Waals surface area contributed by atoms with Gasteiger partial charge in [-0.3, -0.25) is 0 Å². The second kappa shape index (κ2) is 12.3. The number of unbranched alkanes of at least 4 members (excludes halogenated alkanes) is 5. The number of esters is 1. The lowest BCUT2D eigenvalue weighted by Gasteiger charge is -2.11. The van der Waals surface area contributed by atoms with Crippen LogP contribution in [-0.4, -0.2) is 12.6 Å². The fraction of sp³-hybridized carbons (Fsp3) is 0.824. The van der Waals surface area contributed by atoms with Crippen LogP contribution >= 0.6 is 0 Å². The van der Waals surface area contributed by atoms with E-state index in [0.29, 0.717) is 6.61 Å². The van der Waals surface area contributed by atoms with Gasteiger partial charge in [-0.2, -0.15) is 0 Å². The normalized spacial score (nSPS) is 10.3. The van der Waals surface area contributed by atoms with E-state index >= 15 is 0 Å². The third-order valence-corrected chi connectivity index (χ3v) is 3.61. The smallest absolute Gasteiger partial charge is 0.333 e. The van der Waals surface area contributed by atoms with Crippen molar-refractivity contribution < 1.29 is 9.53 Å². The zero-order valence-electron chi connectivity index (χ0n) is 13.4. The fourth-order valence-electron chi connectivity index (χ4n) is 2.35. The third-order valence-electron chi connectivity index (χ3n) is 3.61. The molecule has 0 aliphatic carbocycles. The van der Waals surface area contributed by atoms with Gasteiger partial charge in [-0.25, -0.2) is 4.79 Å². The van der Waals surface area contributed by atoms with E-state index in [9.17, 15) is 4.79 Å². The number of rotatable bonds is 11. The van der Waals surface area contributed by atoms with Gasteiger partial charge in [0.2, 0.25) is 0 Å². The molecular weight excluding hydrogens is 236 g/mol. The first-order chi connectivity index (χ1) is 9.21. The Morgan fingerprint density at radius 3 is 1.89 bits per heavy atom. The number of carbonyl (C=O) groups excluding carboxylic acids is 1. The fourth-order valence-corrected chi connectivity index (χ4v) is 2.35. The number of ether oxygens (including phenoxy) is 1. The van der Waals surface area contributed by atoms with Gasteiger partial charge in [-0.1, -0.05) is 65.4 Å². The highest BCUT2D eigenvalue weighted by Crippen LogP contribution is 2.17. The molecule has 0 N–H and O–H groups in total. The molecule has 19 heavy (non-hydrogen) atoms. The summed E-state index contributed by atoms with van der Waals surface area (Å²) < 4.78 is 5.39. The van der Waals surface area contributed by atoms with Crippen molar-refractivity contribution >= 4 is 5.97 Å². The van der Waals surface area contributed by atoms with Gasteiger partial charge in [0.05, 0.1) is 6.61 Å². The van der Waals surface area contributed by atoms with Crippen molar-refractivity contribution in [1.82, 2.24) is 0 Å². The standard InChI is InChI=1S/C17H32O2/c1-5-9-10-11-12-13-14-19-17(18)16(8-4)15(6-2)7-3/h5-14H2,1-4H3. The van der Waals surface area contributed by atoms with Crippen molar-refractivity contribution in [3.05, 3.63) is 11.1 Å². The molecule has 0 aromatic heterocycles. The quantitative estimate of drug-likeness (QED) is 0.284. The molecule has 0 amide bonds. The second-order valence-corrected chi connectivity index (χ2v) is 5.05. The Hall–Kier alpha value is -0.790. The van der Waals surface area contributed by atoms with Crippen LogP contribution in [0, 0.1) is 0 Å². The lowest BCUT2D eigenvalue weighted by Crippen LogP contribution is -2.11. The van der Waals surface area contributed by atoms with Crippen molar-refractivity contribution in [2.75, 3.05) is 6.61 Å². The van der Waals surface area contributed by atoms with Crippen LogP contribution in [-0.2, 0) is 9.53 Å². The molecule has 0 rings (SSSR count). The number of allylic oxidation sites excluding steroid dienone is 1. The monoisotopic (exact) mass is 268 g/mol. The van der Waals surface area contributed by atoms with Gasteiger partial charge >= 0.3 is 5.97 Å². The van der Waals surface area contributed by atoms with E-state index in [4.69, 9.17) is 4.74 Å². The van der Waals surface area contributed by atoms with Crippen LogP contribution in [0.4, 0.5) is 0 Å². The van der Waals surface area contributed by atoms with E-state index < -0.39 is 0 Å². The minimum Gasteiger partial charge on any atom is -0.462 e. The van der Waals surface area contributed by atoms with E-state index in [0.717, 1.165) is 31.3 Å². The maximum atomic E-state index is 12.0. The summed E-state index contributed by atoms with van der Waals surface area (Å²) in [6.07, 6.45) is 10.0. The molecule has 112 valence electrons. The summed E-state index contributed by atoms with van der Waals surface area (Å²) >= 11 is 0. The minimum absolute atomic E-state index is 0.0882. The topological polar surface area (TPSA) is 26.3 Å². The largest absolute Gasteiger partial charge is 0.462 e. The maximum absolute atomic E-state index is 12.0. The van der Waals surface area contributed by atoms with Gasteiger partial charge < -0.3 is 4.74 Å². The highest BCUT2D eigenvalue weighted by molar-refractivity contribution is 5.89. The summed E-state index contributed by atoms with van der Waals surface area (Å²) in [5, 5.41) is 0. The van der Waals surface area contributed by atoms with Gasteiger partial charge in [0.1, 0.15) is 0 Å². The number of hydrogen-bond donors (Lipinski definition) is 0. The first-order valence-electron chi connectivity index (χ1n) is 8.09. The summed E-state index contributed by atoms with van der Waals surface area (Å²) in [5.74, 6) is -0.0882.